The van der Waals surface area contributed by atoms with Crippen LogP contribution in [-0.2, 0) is 0 Å². The van der Waals surface area contributed by atoms with Gasteiger partial charge in [-0.1, -0.05) is 28.1 Å². The Morgan fingerprint density at radius 2 is 1.73 bits per heavy atom. The standard InChI is InChI=1S/C16H10BrN3S2/c17-10-5-6-12-11(9-10)15(13-3-1-7-21-13)19-20-16(18-12)14-4-2-8-22-14/h1-9H,(H,18,20). The summed E-state index contributed by atoms with van der Waals surface area (Å²) in [6, 6.07) is 14.3. The van der Waals surface area contributed by atoms with Crippen LogP contribution in [0.2, 0.25) is 0 Å². The number of fused-ring (bicyclic) bond motifs is 1. The molecule has 1 aliphatic rings. The number of benzene rings is 1. The molecule has 0 aliphatic carbocycles. The van der Waals surface area contributed by atoms with Gasteiger partial charge in [0.15, 0.2) is 5.84 Å². The molecule has 0 fully saturated rings. The molecule has 1 aromatic carbocycles. The van der Waals surface area contributed by atoms with Crippen LogP contribution < -0.4 is 5.43 Å². The monoisotopic (exact) mass is 387 g/mol. The third kappa shape index (κ3) is 2.54. The average Bonchev–Trinajstić information content (AvgIpc) is 3.19. The maximum atomic E-state index is 4.77. The first kappa shape index (κ1) is 13.9. The van der Waals surface area contributed by atoms with Gasteiger partial charge in [0.1, 0.15) is 5.71 Å². The number of hydrogen-bond acceptors (Lipinski definition) is 5. The van der Waals surface area contributed by atoms with Crippen molar-refractivity contribution >= 4 is 55.8 Å². The van der Waals surface area contributed by atoms with E-state index in [9.17, 15) is 0 Å². The summed E-state index contributed by atoms with van der Waals surface area (Å²) >= 11 is 6.86. The lowest BCUT2D eigenvalue weighted by Crippen LogP contribution is -2.18. The highest BCUT2D eigenvalue weighted by Gasteiger charge is 2.18. The van der Waals surface area contributed by atoms with E-state index in [1.54, 1.807) is 22.7 Å². The van der Waals surface area contributed by atoms with Crippen LogP contribution in [0.1, 0.15) is 15.3 Å². The lowest BCUT2D eigenvalue weighted by Gasteiger charge is -2.05. The number of hydrogen-bond donors (Lipinski definition) is 1. The van der Waals surface area contributed by atoms with E-state index in [1.807, 2.05) is 35.7 Å². The Morgan fingerprint density at radius 1 is 0.955 bits per heavy atom. The first-order chi connectivity index (χ1) is 10.8. The van der Waals surface area contributed by atoms with Crippen LogP contribution in [0.5, 0.6) is 0 Å². The van der Waals surface area contributed by atoms with E-state index >= 15 is 0 Å². The minimum absolute atomic E-state index is 0.783. The lowest BCUT2D eigenvalue weighted by atomic mass is 10.1. The average molecular weight is 388 g/mol. The number of aliphatic imine (C=N–C) groups is 1. The van der Waals surface area contributed by atoms with Crippen LogP contribution in [0.3, 0.4) is 0 Å². The van der Waals surface area contributed by atoms with Gasteiger partial charge in [0, 0.05) is 10.0 Å². The smallest absolute Gasteiger partial charge is 0.164 e. The van der Waals surface area contributed by atoms with E-state index in [-0.39, 0.29) is 0 Å². The SMILES string of the molecule is Brc1ccc2c(c1)C(c1cccs1)=NNC(c1cccs1)=N2. The van der Waals surface area contributed by atoms with Gasteiger partial charge in [0.05, 0.1) is 15.4 Å². The van der Waals surface area contributed by atoms with Crippen molar-refractivity contribution < 1.29 is 0 Å². The maximum absolute atomic E-state index is 4.77. The third-order valence-corrected chi connectivity index (χ3v) is 5.48. The van der Waals surface area contributed by atoms with Gasteiger partial charge in [0.2, 0.25) is 0 Å². The van der Waals surface area contributed by atoms with E-state index in [0.29, 0.717) is 0 Å². The molecular formula is C16H10BrN3S2. The Kier molecular flexibility index (Phi) is 3.65. The number of amidine groups is 1. The van der Waals surface area contributed by atoms with Gasteiger partial charge in [-0.2, -0.15) is 5.10 Å². The highest BCUT2D eigenvalue weighted by Crippen LogP contribution is 2.30. The molecule has 0 saturated heterocycles. The maximum Gasteiger partial charge on any atom is 0.164 e. The van der Waals surface area contributed by atoms with Gasteiger partial charge < -0.3 is 0 Å². The molecule has 0 bridgehead atoms. The van der Waals surface area contributed by atoms with Gasteiger partial charge in [-0.3, -0.25) is 5.43 Å². The largest absolute Gasteiger partial charge is 0.260 e. The number of nitrogens with zero attached hydrogens (tertiary/aromatic N) is 2. The summed E-state index contributed by atoms with van der Waals surface area (Å²) in [6.07, 6.45) is 0. The number of halogens is 1. The molecule has 0 radical (unpaired) electrons. The Labute approximate surface area is 144 Å². The molecule has 1 aliphatic heterocycles. The second kappa shape index (κ2) is 5.79. The van der Waals surface area contributed by atoms with Crippen LogP contribution >= 0.6 is 38.6 Å². The molecule has 1 N–H and O–H groups in total. The molecule has 0 spiro atoms. The fourth-order valence-corrected chi connectivity index (χ4v) is 3.99. The van der Waals surface area contributed by atoms with Crippen molar-refractivity contribution in [2.75, 3.05) is 0 Å². The fourth-order valence-electron chi connectivity index (χ4n) is 2.23. The minimum Gasteiger partial charge on any atom is -0.260 e. The molecule has 3 nitrogen and oxygen atoms in total. The lowest BCUT2D eigenvalue weighted by molar-refractivity contribution is 1.03. The highest BCUT2D eigenvalue weighted by molar-refractivity contribution is 9.10. The number of rotatable bonds is 2. The summed E-state index contributed by atoms with van der Waals surface area (Å²) < 4.78 is 1.02. The summed E-state index contributed by atoms with van der Waals surface area (Å²) in [4.78, 5) is 6.96. The summed E-state index contributed by atoms with van der Waals surface area (Å²) in [5, 5.41) is 8.71. The van der Waals surface area contributed by atoms with Crippen molar-refractivity contribution in [2.45, 2.75) is 0 Å². The zero-order chi connectivity index (χ0) is 14.9. The van der Waals surface area contributed by atoms with E-state index < -0.39 is 0 Å². The number of thiophene rings is 2. The number of hydrazone groups is 1. The minimum atomic E-state index is 0.783. The Bertz CT molecular complexity index is 865. The van der Waals surface area contributed by atoms with Crippen molar-refractivity contribution in [1.29, 1.82) is 0 Å². The van der Waals surface area contributed by atoms with Gasteiger partial charge in [-0.05, 0) is 41.1 Å². The molecule has 6 heteroatoms. The molecule has 0 unspecified atom stereocenters. The molecule has 2 aromatic heterocycles. The van der Waals surface area contributed by atoms with E-state index in [0.717, 1.165) is 37.0 Å². The molecule has 22 heavy (non-hydrogen) atoms. The molecule has 3 heterocycles. The van der Waals surface area contributed by atoms with Crippen molar-refractivity contribution in [3.63, 3.8) is 0 Å². The normalized spacial score (nSPS) is 13.7. The van der Waals surface area contributed by atoms with Crippen LogP contribution in [0.25, 0.3) is 0 Å². The summed E-state index contributed by atoms with van der Waals surface area (Å²) in [6.45, 7) is 0. The van der Waals surface area contributed by atoms with E-state index in [2.05, 4.69) is 44.0 Å². The molecule has 3 aromatic rings. The van der Waals surface area contributed by atoms with E-state index in [4.69, 9.17) is 4.99 Å². The van der Waals surface area contributed by atoms with Crippen LogP contribution in [-0.4, -0.2) is 11.5 Å². The highest BCUT2D eigenvalue weighted by atomic mass is 79.9. The van der Waals surface area contributed by atoms with Crippen LogP contribution in [0, 0.1) is 0 Å². The summed E-state index contributed by atoms with van der Waals surface area (Å²) in [5.74, 6) is 0.783. The predicted molar refractivity (Wildman–Crippen MR) is 97.8 cm³/mol. The molecule has 108 valence electrons. The second-order valence-corrected chi connectivity index (χ2v) is 7.46. The first-order valence-electron chi connectivity index (χ1n) is 6.61. The topological polar surface area (TPSA) is 36.8 Å². The molecule has 0 saturated carbocycles. The van der Waals surface area contributed by atoms with Crippen molar-refractivity contribution in [1.82, 2.24) is 5.43 Å². The first-order valence-corrected chi connectivity index (χ1v) is 9.16. The predicted octanol–water partition coefficient (Wildman–Crippen LogP) is 5.01. The fraction of sp³-hybridized carbons (Fsp3) is 0. The van der Waals surface area contributed by atoms with Gasteiger partial charge in [-0.25, -0.2) is 4.99 Å². The van der Waals surface area contributed by atoms with Gasteiger partial charge in [0.25, 0.3) is 0 Å². The number of nitrogens with one attached hydrogen (secondary N) is 1. The van der Waals surface area contributed by atoms with Gasteiger partial charge in [-0.15, -0.1) is 22.7 Å². The quantitative estimate of drug-likeness (QED) is 0.659. The second-order valence-electron chi connectivity index (χ2n) is 4.65. The molecule has 0 amide bonds. The zero-order valence-electron chi connectivity index (χ0n) is 11.3. The molecule has 0 atom stereocenters. The van der Waals surface area contributed by atoms with Crippen molar-refractivity contribution in [2.24, 2.45) is 10.1 Å². The Morgan fingerprint density at radius 3 is 2.45 bits per heavy atom. The molecular weight excluding hydrogens is 378 g/mol. The van der Waals surface area contributed by atoms with Crippen LogP contribution in [0.4, 0.5) is 5.69 Å². The molecule has 4 rings (SSSR count). The van der Waals surface area contributed by atoms with Crippen LogP contribution in [0.15, 0.2) is 67.8 Å². The van der Waals surface area contributed by atoms with Crippen molar-refractivity contribution in [3.05, 3.63) is 73.0 Å². The van der Waals surface area contributed by atoms with Gasteiger partial charge >= 0.3 is 0 Å². The van der Waals surface area contributed by atoms with E-state index in [1.165, 1.54) is 0 Å². The third-order valence-electron chi connectivity index (χ3n) is 3.23. The van der Waals surface area contributed by atoms with Crippen molar-refractivity contribution in [3.8, 4) is 0 Å². The zero-order valence-corrected chi connectivity index (χ0v) is 14.5. The Balaban J connectivity index is 1.90. The summed E-state index contributed by atoms with van der Waals surface area (Å²) in [5.41, 5.74) is 5.99. The Hall–Kier alpha value is -1.76. The summed E-state index contributed by atoms with van der Waals surface area (Å²) in [7, 11) is 0.